The highest BCUT2D eigenvalue weighted by Crippen LogP contribution is 2.13. The van der Waals surface area contributed by atoms with E-state index in [-0.39, 0.29) is 24.8 Å². The van der Waals surface area contributed by atoms with Gasteiger partial charge in [-0.3, -0.25) is 4.18 Å². The van der Waals surface area contributed by atoms with E-state index in [0.29, 0.717) is 18.1 Å². The second-order valence-corrected chi connectivity index (χ2v) is 5.17. The van der Waals surface area contributed by atoms with Gasteiger partial charge < -0.3 is 16.0 Å². The number of hydrogen-bond acceptors (Lipinski definition) is 7. The second kappa shape index (κ2) is 10.2. The van der Waals surface area contributed by atoms with Crippen molar-refractivity contribution in [1.29, 1.82) is 0 Å². The highest BCUT2D eigenvalue weighted by atomic mass is 35.5. The van der Waals surface area contributed by atoms with Gasteiger partial charge in [-0.15, -0.1) is 24.8 Å². The third-order valence-corrected chi connectivity index (χ3v) is 3.00. The highest BCUT2D eigenvalue weighted by Gasteiger charge is 2.09. The maximum absolute atomic E-state index is 9.22. The first-order chi connectivity index (χ1) is 9.74. The van der Waals surface area contributed by atoms with Gasteiger partial charge in [0.2, 0.25) is 16.1 Å². The minimum atomic E-state index is -4.41. The fourth-order valence-corrected chi connectivity index (χ4v) is 1.41. The van der Waals surface area contributed by atoms with Crippen LogP contribution in [0.15, 0.2) is 30.6 Å². The molecule has 0 radical (unpaired) electrons. The summed E-state index contributed by atoms with van der Waals surface area (Å²) in [4.78, 5) is 0. The van der Waals surface area contributed by atoms with Gasteiger partial charge in [0.15, 0.2) is 6.20 Å². The predicted molar refractivity (Wildman–Crippen MR) is 89.0 cm³/mol. The zero-order valence-electron chi connectivity index (χ0n) is 12.4. The van der Waals surface area contributed by atoms with Gasteiger partial charge in [0.25, 0.3) is 0 Å². The van der Waals surface area contributed by atoms with E-state index in [4.69, 9.17) is 11.5 Å². The second-order valence-electron chi connectivity index (χ2n) is 4.02. The topological polar surface area (TPSA) is 140 Å². The van der Waals surface area contributed by atoms with Gasteiger partial charge in [-0.25, -0.2) is 17.7 Å². The fourth-order valence-electron chi connectivity index (χ4n) is 1.41. The summed E-state index contributed by atoms with van der Waals surface area (Å²) in [5.41, 5.74) is 13.0. The van der Waals surface area contributed by atoms with E-state index in [2.05, 4.69) is 9.28 Å². The SMILES string of the molecule is COS(=O)(=O)[O-].C[n+]1ccccc1Cn1ncc(N)c1N.Cl.Cl. The van der Waals surface area contributed by atoms with Crippen LogP contribution < -0.4 is 16.0 Å². The van der Waals surface area contributed by atoms with Gasteiger partial charge in [-0.1, -0.05) is 6.07 Å². The number of rotatable bonds is 3. The smallest absolute Gasteiger partial charge is 0.217 e. The molecule has 0 saturated carbocycles. The average molecular weight is 388 g/mol. The first-order valence-electron chi connectivity index (χ1n) is 5.76. The summed E-state index contributed by atoms with van der Waals surface area (Å²) in [5, 5.41) is 4.11. The van der Waals surface area contributed by atoms with Gasteiger partial charge in [0.1, 0.15) is 19.4 Å². The minimum Gasteiger partial charge on any atom is -0.726 e. The zero-order chi connectivity index (χ0) is 16.0. The number of hydrogen-bond donors (Lipinski definition) is 2. The van der Waals surface area contributed by atoms with Crippen molar-refractivity contribution in [2.45, 2.75) is 6.54 Å². The molecule has 4 N–H and O–H groups in total. The first-order valence-corrected chi connectivity index (χ1v) is 7.09. The van der Waals surface area contributed by atoms with Crippen molar-refractivity contribution in [1.82, 2.24) is 9.78 Å². The molecule has 2 rings (SSSR count). The van der Waals surface area contributed by atoms with Crippen molar-refractivity contribution >= 4 is 46.7 Å². The first kappa shape index (κ1) is 23.7. The molecule has 9 nitrogen and oxygen atoms in total. The number of nitrogen functional groups attached to an aromatic ring is 2. The van der Waals surface area contributed by atoms with Crippen LogP contribution in [0.5, 0.6) is 0 Å². The summed E-state index contributed by atoms with van der Waals surface area (Å²) in [5.74, 6) is 0.513. The Morgan fingerprint density at radius 2 is 1.91 bits per heavy atom. The normalized spacial score (nSPS) is 9.87. The van der Waals surface area contributed by atoms with E-state index in [1.165, 1.54) is 0 Å². The molecule has 0 aliphatic carbocycles. The molecule has 0 aliphatic heterocycles. The average Bonchev–Trinajstić information content (AvgIpc) is 2.73. The quantitative estimate of drug-likeness (QED) is 0.423. The van der Waals surface area contributed by atoms with Crippen LogP contribution in [0, 0.1) is 0 Å². The van der Waals surface area contributed by atoms with Crippen molar-refractivity contribution in [3.05, 3.63) is 36.3 Å². The van der Waals surface area contributed by atoms with Gasteiger partial charge in [0, 0.05) is 12.1 Å². The van der Waals surface area contributed by atoms with Crippen LogP contribution in [-0.2, 0) is 28.2 Å². The summed E-state index contributed by atoms with van der Waals surface area (Å²) < 4.78 is 34.7. The molecule has 0 spiro atoms. The maximum Gasteiger partial charge on any atom is 0.217 e. The monoisotopic (exact) mass is 387 g/mol. The Morgan fingerprint density at radius 1 is 1.35 bits per heavy atom. The van der Waals surface area contributed by atoms with Gasteiger partial charge in [-0.2, -0.15) is 5.10 Å². The van der Waals surface area contributed by atoms with Gasteiger partial charge in [-0.05, 0) is 0 Å². The maximum atomic E-state index is 9.22. The van der Waals surface area contributed by atoms with Gasteiger partial charge >= 0.3 is 0 Å². The molecule has 0 aromatic carbocycles. The molecule has 2 heterocycles. The molecule has 2 aromatic heterocycles. The molecular formula is C11H19Cl2N5O4S. The summed E-state index contributed by atoms with van der Waals surface area (Å²) in [7, 11) is -1.62. The molecule has 0 fully saturated rings. The summed E-state index contributed by atoms with van der Waals surface area (Å²) in [6, 6.07) is 5.99. The Bertz CT molecular complexity index is 708. The number of aromatic nitrogens is 3. The van der Waals surface area contributed by atoms with E-state index < -0.39 is 10.4 Å². The van der Waals surface area contributed by atoms with Crippen molar-refractivity contribution in [2.75, 3.05) is 18.6 Å². The number of nitrogens with two attached hydrogens (primary N) is 2. The molecule has 0 aliphatic rings. The number of halogens is 2. The minimum absolute atomic E-state index is 0. The molecule has 0 unspecified atom stereocenters. The molecule has 2 aromatic rings. The zero-order valence-corrected chi connectivity index (χ0v) is 14.9. The van der Waals surface area contributed by atoms with E-state index in [9.17, 15) is 13.0 Å². The van der Waals surface area contributed by atoms with Crippen molar-refractivity contribution in [3.8, 4) is 0 Å². The van der Waals surface area contributed by atoms with Crippen LogP contribution in [0.1, 0.15) is 5.69 Å². The van der Waals surface area contributed by atoms with Crippen molar-refractivity contribution < 1.29 is 21.7 Å². The van der Waals surface area contributed by atoms with E-state index in [1.54, 1.807) is 10.9 Å². The lowest BCUT2D eigenvalue weighted by molar-refractivity contribution is -0.679. The molecule has 0 amide bonds. The Kier molecular flexibility index (Phi) is 10.5. The van der Waals surface area contributed by atoms with E-state index >= 15 is 0 Å². The van der Waals surface area contributed by atoms with E-state index in [1.807, 2.05) is 36.0 Å². The molecule has 132 valence electrons. The lowest BCUT2D eigenvalue weighted by Gasteiger charge is -2.02. The van der Waals surface area contributed by atoms with Gasteiger partial charge in [0.05, 0.1) is 19.0 Å². The van der Waals surface area contributed by atoms with Crippen LogP contribution in [0.4, 0.5) is 11.5 Å². The number of nitrogens with zero attached hydrogens (tertiary/aromatic N) is 3. The Balaban J connectivity index is 0. The van der Waals surface area contributed by atoms with Crippen LogP contribution in [0.2, 0.25) is 0 Å². The van der Waals surface area contributed by atoms with Crippen LogP contribution in [0.3, 0.4) is 0 Å². The summed E-state index contributed by atoms with van der Waals surface area (Å²) >= 11 is 0. The fraction of sp³-hybridized carbons (Fsp3) is 0.273. The van der Waals surface area contributed by atoms with Crippen molar-refractivity contribution in [2.24, 2.45) is 7.05 Å². The van der Waals surface area contributed by atoms with Crippen LogP contribution in [-0.4, -0.2) is 29.9 Å². The molecule has 0 bridgehead atoms. The van der Waals surface area contributed by atoms with Crippen LogP contribution >= 0.6 is 24.8 Å². The third kappa shape index (κ3) is 8.00. The molecular weight excluding hydrogens is 369 g/mol. The number of aryl methyl sites for hydroxylation is 1. The molecule has 23 heavy (non-hydrogen) atoms. The third-order valence-electron chi connectivity index (χ3n) is 2.59. The number of anilines is 2. The lowest BCUT2D eigenvalue weighted by atomic mass is 10.3. The standard InChI is InChI=1S/C10H14N5.CH4O4S.2ClH/c1-14-5-3-2-4-8(14)7-15-10(12)9(11)6-13-15;1-5-6(2,3)4;;/h2-6H,7,11-12H2,1H3;1H3,(H,2,3,4);2*1H/q+1;;;/p-1. The van der Waals surface area contributed by atoms with Crippen molar-refractivity contribution in [3.63, 3.8) is 0 Å². The van der Waals surface area contributed by atoms with E-state index in [0.717, 1.165) is 12.8 Å². The number of pyridine rings is 1. The lowest BCUT2D eigenvalue weighted by Crippen LogP contribution is -2.34. The summed E-state index contributed by atoms with van der Waals surface area (Å²) in [6.45, 7) is 0.625. The Hall–Kier alpha value is -1.59. The Morgan fingerprint density at radius 3 is 2.30 bits per heavy atom. The highest BCUT2D eigenvalue weighted by molar-refractivity contribution is 7.80. The molecule has 12 heteroatoms. The predicted octanol–water partition coefficient (Wildman–Crippen LogP) is -0.143. The van der Waals surface area contributed by atoms with Crippen LogP contribution in [0.25, 0.3) is 0 Å². The molecule has 0 atom stereocenters. The molecule has 0 saturated heterocycles. The Labute approximate surface area is 147 Å². The summed E-state index contributed by atoms with van der Waals surface area (Å²) in [6.07, 6.45) is 3.55. The largest absolute Gasteiger partial charge is 0.726 e.